The standard InChI is InChI=1S/C9H15NO2/c1-9(2)5-3-6(9)8(11)7(4-5)10-12/h5-8,11H,3-4H2,1-2H3. The van der Waals surface area contributed by atoms with E-state index in [2.05, 4.69) is 19.0 Å². The van der Waals surface area contributed by atoms with Gasteiger partial charge >= 0.3 is 0 Å². The molecule has 0 amide bonds. The second-order valence-electron chi connectivity index (χ2n) is 4.76. The minimum absolute atomic E-state index is 0.237. The monoisotopic (exact) mass is 169 g/mol. The maximum atomic E-state index is 10.3. The van der Waals surface area contributed by atoms with E-state index in [0.29, 0.717) is 11.8 Å². The molecule has 3 fully saturated rings. The Hall–Kier alpha value is -0.440. The van der Waals surface area contributed by atoms with Gasteiger partial charge in [-0.25, -0.2) is 0 Å². The lowest BCUT2D eigenvalue weighted by Crippen LogP contribution is -2.59. The molecule has 0 aromatic carbocycles. The molecule has 0 aromatic heterocycles. The van der Waals surface area contributed by atoms with Crippen molar-refractivity contribution in [2.24, 2.45) is 22.4 Å². The fourth-order valence-corrected chi connectivity index (χ4v) is 2.84. The number of aliphatic hydroxyl groups excluding tert-OH is 1. The van der Waals surface area contributed by atoms with Crippen LogP contribution in [0.3, 0.4) is 0 Å². The zero-order chi connectivity index (χ0) is 8.93. The highest BCUT2D eigenvalue weighted by Gasteiger charge is 2.57. The number of rotatable bonds is 1. The normalized spacial score (nSPS) is 49.6. The number of hydrogen-bond donors (Lipinski definition) is 1. The lowest BCUT2D eigenvalue weighted by atomic mass is 9.47. The fraction of sp³-hybridized carbons (Fsp3) is 1.00. The van der Waals surface area contributed by atoms with Crippen LogP contribution in [-0.4, -0.2) is 17.3 Å². The predicted molar refractivity (Wildman–Crippen MR) is 45.6 cm³/mol. The van der Waals surface area contributed by atoms with Crippen molar-refractivity contribution in [3.05, 3.63) is 4.91 Å². The highest BCUT2D eigenvalue weighted by Crippen LogP contribution is 2.59. The Morgan fingerprint density at radius 2 is 2.08 bits per heavy atom. The van der Waals surface area contributed by atoms with E-state index in [1.807, 2.05) is 0 Å². The molecule has 3 saturated carbocycles. The van der Waals surface area contributed by atoms with Gasteiger partial charge in [-0.2, -0.15) is 4.91 Å². The third-order valence-electron chi connectivity index (χ3n) is 4.01. The largest absolute Gasteiger partial charge is 0.390 e. The first kappa shape index (κ1) is 8.17. The molecule has 0 spiro atoms. The summed E-state index contributed by atoms with van der Waals surface area (Å²) in [6.45, 7) is 4.35. The molecule has 0 radical (unpaired) electrons. The molecule has 2 bridgehead atoms. The first-order valence-corrected chi connectivity index (χ1v) is 4.58. The summed E-state index contributed by atoms with van der Waals surface area (Å²) in [5.74, 6) is 0.910. The van der Waals surface area contributed by atoms with E-state index in [1.165, 1.54) is 0 Å². The molecule has 3 nitrogen and oxygen atoms in total. The highest BCUT2D eigenvalue weighted by molar-refractivity contribution is 5.08. The molecule has 3 aliphatic rings. The molecule has 4 atom stereocenters. The van der Waals surface area contributed by atoms with E-state index < -0.39 is 6.10 Å². The minimum Gasteiger partial charge on any atom is -0.390 e. The van der Waals surface area contributed by atoms with E-state index in [0.717, 1.165) is 12.8 Å². The molecule has 4 unspecified atom stereocenters. The van der Waals surface area contributed by atoms with E-state index in [-0.39, 0.29) is 11.5 Å². The zero-order valence-electron chi connectivity index (χ0n) is 7.53. The Labute approximate surface area is 72.1 Å². The van der Waals surface area contributed by atoms with Crippen LogP contribution in [0.2, 0.25) is 0 Å². The number of nitrogens with zero attached hydrogens (tertiary/aromatic N) is 1. The van der Waals surface area contributed by atoms with E-state index in [4.69, 9.17) is 0 Å². The van der Waals surface area contributed by atoms with Crippen LogP contribution in [0.4, 0.5) is 0 Å². The van der Waals surface area contributed by atoms with Crippen molar-refractivity contribution in [1.82, 2.24) is 0 Å². The number of hydrogen-bond acceptors (Lipinski definition) is 3. The van der Waals surface area contributed by atoms with Crippen LogP contribution in [0.15, 0.2) is 5.18 Å². The van der Waals surface area contributed by atoms with Gasteiger partial charge in [0.1, 0.15) is 6.04 Å². The Morgan fingerprint density at radius 1 is 1.42 bits per heavy atom. The second-order valence-corrected chi connectivity index (χ2v) is 4.76. The third kappa shape index (κ3) is 0.802. The average Bonchev–Trinajstić information content (AvgIpc) is 2.03. The fourth-order valence-electron chi connectivity index (χ4n) is 2.84. The summed E-state index contributed by atoms with van der Waals surface area (Å²) in [6, 6.07) is -0.332. The Morgan fingerprint density at radius 3 is 2.50 bits per heavy atom. The van der Waals surface area contributed by atoms with Crippen molar-refractivity contribution < 1.29 is 5.11 Å². The number of aliphatic hydroxyl groups is 1. The number of fused-ring (bicyclic) bond motifs is 2. The molecule has 12 heavy (non-hydrogen) atoms. The summed E-state index contributed by atoms with van der Waals surface area (Å²) in [5.41, 5.74) is 0.237. The van der Waals surface area contributed by atoms with Gasteiger partial charge in [-0.05, 0) is 30.1 Å². The third-order valence-corrected chi connectivity index (χ3v) is 4.01. The maximum absolute atomic E-state index is 10.3. The van der Waals surface area contributed by atoms with Crippen molar-refractivity contribution in [3.8, 4) is 0 Å². The Kier molecular flexibility index (Phi) is 1.55. The Bertz CT molecular complexity index is 215. The first-order valence-electron chi connectivity index (χ1n) is 4.58. The summed E-state index contributed by atoms with van der Waals surface area (Å²) in [5, 5.41) is 12.7. The van der Waals surface area contributed by atoms with Gasteiger partial charge in [0.05, 0.1) is 6.10 Å². The van der Waals surface area contributed by atoms with Gasteiger partial charge < -0.3 is 5.11 Å². The van der Waals surface area contributed by atoms with Crippen LogP contribution < -0.4 is 0 Å². The summed E-state index contributed by atoms with van der Waals surface area (Å²) >= 11 is 0. The zero-order valence-corrected chi connectivity index (χ0v) is 7.53. The van der Waals surface area contributed by atoms with Gasteiger partial charge in [0.15, 0.2) is 0 Å². The lowest BCUT2D eigenvalue weighted by Gasteiger charge is -2.59. The molecule has 1 N–H and O–H groups in total. The molecular formula is C9H15NO2. The predicted octanol–water partition coefficient (Wildman–Crippen LogP) is 1.55. The molecule has 3 aliphatic carbocycles. The van der Waals surface area contributed by atoms with Crippen molar-refractivity contribution in [3.63, 3.8) is 0 Å². The van der Waals surface area contributed by atoms with Gasteiger partial charge in [0.2, 0.25) is 0 Å². The Balaban J connectivity index is 2.16. The number of nitroso groups, excluding NO2 is 1. The molecule has 3 rings (SSSR count). The molecular weight excluding hydrogens is 154 g/mol. The van der Waals surface area contributed by atoms with Gasteiger partial charge in [-0.1, -0.05) is 19.0 Å². The molecule has 3 heteroatoms. The van der Waals surface area contributed by atoms with Crippen LogP contribution in [0.5, 0.6) is 0 Å². The summed E-state index contributed by atoms with van der Waals surface area (Å²) < 4.78 is 0. The van der Waals surface area contributed by atoms with Crippen LogP contribution in [0.1, 0.15) is 26.7 Å². The van der Waals surface area contributed by atoms with Gasteiger partial charge in [-0.3, -0.25) is 0 Å². The van der Waals surface area contributed by atoms with Crippen molar-refractivity contribution in [2.45, 2.75) is 38.8 Å². The molecule has 0 aromatic rings. The van der Waals surface area contributed by atoms with Crippen LogP contribution in [-0.2, 0) is 0 Å². The van der Waals surface area contributed by atoms with Gasteiger partial charge in [-0.15, -0.1) is 0 Å². The lowest BCUT2D eigenvalue weighted by molar-refractivity contribution is -0.149. The minimum atomic E-state index is -0.484. The van der Waals surface area contributed by atoms with Crippen LogP contribution in [0, 0.1) is 22.2 Å². The van der Waals surface area contributed by atoms with Crippen LogP contribution in [0.25, 0.3) is 0 Å². The molecule has 0 saturated heterocycles. The smallest absolute Gasteiger partial charge is 0.118 e. The van der Waals surface area contributed by atoms with E-state index in [1.54, 1.807) is 0 Å². The average molecular weight is 169 g/mol. The second kappa shape index (κ2) is 2.28. The molecule has 0 aliphatic heterocycles. The SMILES string of the molecule is CC1(C)C2CC(N=O)C(O)C1C2. The maximum Gasteiger partial charge on any atom is 0.118 e. The van der Waals surface area contributed by atoms with Gasteiger partial charge in [0, 0.05) is 0 Å². The van der Waals surface area contributed by atoms with E-state index >= 15 is 0 Å². The van der Waals surface area contributed by atoms with Crippen molar-refractivity contribution in [1.29, 1.82) is 0 Å². The van der Waals surface area contributed by atoms with Crippen molar-refractivity contribution >= 4 is 0 Å². The highest BCUT2D eigenvalue weighted by atomic mass is 16.3. The summed E-state index contributed by atoms with van der Waals surface area (Å²) in [7, 11) is 0. The topological polar surface area (TPSA) is 49.7 Å². The van der Waals surface area contributed by atoms with Crippen molar-refractivity contribution in [2.75, 3.05) is 0 Å². The molecule has 0 heterocycles. The molecule has 68 valence electrons. The quantitative estimate of drug-likeness (QED) is 0.605. The summed E-state index contributed by atoms with van der Waals surface area (Å²) in [4.78, 5) is 10.3. The van der Waals surface area contributed by atoms with Crippen LogP contribution >= 0.6 is 0 Å². The van der Waals surface area contributed by atoms with Gasteiger partial charge in [0.25, 0.3) is 0 Å². The summed E-state index contributed by atoms with van der Waals surface area (Å²) in [6.07, 6.45) is 1.39. The van der Waals surface area contributed by atoms with E-state index in [9.17, 15) is 10.0 Å². The first-order chi connectivity index (χ1) is 5.57.